The van der Waals surface area contributed by atoms with E-state index in [0.29, 0.717) is 0 Å². The third-order valence-electron chi connectivity index (χ3n) is 3.24. The van der Waals surface area contributed by atoms with E-state index in [2.05, 4.69) is 27.6 Å². The molecule has 0 saturated carbocycles. The van der Waals surface area contributed by atoms with Crippen molar-refractivity contribution in [3.05, 3.63) is 16.7 Å². The fraction of sp³-hybridized carbons (Fsp3) is 0.500. The molecule has 1 aliphatic rings. The second-order valence-electron chi connectivity index (χ2n) is 4.50. The first-order valence-electron chi connectivity index (χ1n) is 5.87. The lowest BCUT2D eigenvalue weighted by Crippen LogP contribution is -2.28. The monoisotopic (exact) mass is 299 g/mol. The molecule has 10 heteroatoms. The van der Waals surface area contributed by atoms with Gasteiger partial charge in [0.15, 0.2) is 17.4 Å². The molecular weight excluding hydrogens is 286 g/mol. The van der Waals surface area contributed by atoms with E-state index in [1.165, 1.54) is 10.9 Å². The molecule has 108 valence electrons. The molecule has 1 fully saturated rings. The van der Waals surface area contributed by atoms with Crippen molar-refractivity contribution >= 4 is 29.7 Å². The van der Waals surface area contributed by atoms with Gasteiger partial charge in [0.05, 0.1) is 24.3 Å². The van der Waals surface area contributed by atoms with Gasteiger partial charge in [-0.3, -0.25) is 14.3 Å². The van der Waals surface area contributed by atoms with Gasteiger partial charge in [-0.05, 0) is 0 Å². The summed E-state index contributed by atoms with van der Waals surface area (Å²) >= 11 is 4.21. The lowest BCUT2D eigenvalue weighted by Gasteiger charge is -2.16. The Balaban J connectivity index is 2.09. The number of H-pyrrole nitrogens is 1. The molecule has 1 aliphatic heterocycles. The molecule has 5 N–H and O–H groups in total. The van der Waals surface area contributed by atoms with Crippen LogP contribution in [0.25, 0.3) is 11.2 Å². The Hall–Kier alpha value is -1.62. The molecule has 4 atom stereocenters. The Bertz CT molecular complexity index is 701. The summed E-state index contributed by atoms with van der Waals surface area (Å²) in [6.07, 6.45) is -1.10. The Morgan fingerprint density at radius 3 is 3.00 bits per heavy atom. The highest BCUT2D eigenvalue weighted by Crippen LogP contribution is 2.33. The SMILES string of the molecule is Nc1nc2c(ncn2[C@@H]2O[C@H](CO)C(S)C2O)c(=O)[nH]1. The van der Waals surface area contributed by atoms with E-state index in [4.69, 9.17) is 10.5 Å². The van der Waals surface area contributed by atoms with Crippen LogP contribution in [0.1, 0.15) is 6.23 Å². The first-order valence-corrected chi connectivity index (χ1v) is 6.39. The number of aromatic nitrogens is 4. The number of imidazole rings is 1. The molecule has 9 nitrogen and oxygen atoms in total. The van der Waals surface area contributed by atoms with Crippen LogP contribution in [0.3, 0.4) is 0 Å². The average molecular weight is 299 g/mol. The summed E-state index contributed by atoms with van der Waals surface area (Å²) in [7, 11) is 0. The normalized spacial score (nSPS) is 30.1. The van der Waals surface area contributed by atoms with Crippen molar-refractivity contribution in [2.45, 2.75) is 23.7 Å². The van der Waals surface area contributed by atoms with Gasteiger partial charge < -0.3 is 20.7 Å². The van der Waals surface area contributed by atoms with Gasteiger partial charge in [0.25, 0.3) is 5.56 Å². The van der Waals surface area contributed by atoms with Crippen LogP contribution >= 0.6 is 12.6 Å². The molecular formula is C10H13N5O4S. The highest BCUT2D eigenvalue weighted by molar-refractivity contribution is 7.81. The van der Waals surface area contributed by atoms with Gasteiger partial charge in [-0.25, -0.2) is 4.98 Å². The molecule has 20 heavy (non-hydrogen) atoms. The van der Waals surface area contributed by atoms with Crippen LogP contribution in [-0.2, 0) is 4.74 Å². The topological polar surface area (TPSA) is 139 Å². The zero-order valence-electron chi connectivity index (χ0n) is 10.2. The minimum Gasteiger partial charge on any atom is -0.394 e. The number of hydrogen-bond donors (Lipinski definition) is 5. The predicted molar refractivity (Wildman–Crippen MR) is 72.3 cm³/mol. The third-order valence-corrected chi connectivity index (χ3v) is 3.88. The number of fused-ring (bicyclic) bond motifs is 1. The Labute approximate surface area is 117 Å². The fourth-order valence-corrected chi connectivity index (χ4v) is 2.55. The molecule has 2 aromatic heterocycles. The van der Waals surface area contributed by atoms with E-state index in [9.17, 15) is 15.0 Å². The zero-order valence-corrected chi connectivity index (χ0v) is 11.1. The summed E-state index contributed by atoms with van der Waals surface area (Å²) in [6.45, 7) is -0.273. The second-order valence-corrected chi connectivity index (χ2v) is 5.10. The number of rotatable bonds is 2. The molecule has 2 unspecified atom stereocenters. The highest BCUT2D eigenvalue weighted by Gasteiger charge is 2.43. The van der Waals surface area contributed by atoms with Crippen LogP contribution in [0.15, 0.2) is 11.1 Å². The third kappa shape index (κ3) is 1.88. The van der Waals surface area contributed by atoms with Crippen molar-refractivity contribution in [2.24, 2.45) is 0 Å². The predicted octanol–water partition coefficient (Wildman–Crippen LogP) is -1.75. The van der Waals surface area contributed by atoms with Gasteiger partial charge in [0.1, 0.15) is 6.10 Å². The largest absolute Gasteiger partial charge is 0.394 e. The number of nitrogens with zero attached hydrogens (tertiary/aromatic N) is 3. The smallest absolute Gasteiger partial charge is 0.280 e. The van der Waals surface area contributed by atoms with Crippen LogP contribution in [0.5, 0.6) is 0 Å². The Morgan fingerprint density at radius 1 is 1.60 bits per heavy atom. The average Bonchev–Trinajstić information content (AvgIpc) is 2.93. The molecule has 3 rings (SSSR count). The first-order chi connectivity index (χ1) is 9.52. The molecule has 0 aliphatic carbocycles. The molecule has 1 saturated heterocycles. The number of ether oxygens (including phenoxy) is 1. The van der Waals surface area contributed by atoms with Gasteiger partial charge in [0.2, 0.25) is 5.95 Å². The molecule has 2 aromatic rings. The maximum Gasteiger partial charge on any atom is 0.280 e. The van der Waals surface area contributed by atoms with E-state index in [1.54, 1.807) is 0 Å². The number of aliphatic hydroxyl groups is 2. The van der Waals surface area contributed by atoms with Gasteiger partial charge >= 0.3 is 0 Å². The minimum atomic E-state index is -0.977. The number of hydrogen-bond acceptors (Lipinski definition) is 8. The molecule has 0 radical (unpaired) electrons. The lowest BCUT2D eigenvalue weighted by atomic mass is 10.2. The van der Waals surface area contributed by atoms with Crippen LogP contribution < -0.4 is 11.3 Å². The number of aliphatic hydroxyl groups excluding tert-OH is 2. The summed E-state index contributed by atoms with van der Waals surface area (Å²) in [5.41, 5.74) is 5.33. The van der Waals surface area contributed by atoms with Crippen LogP contribution in [0.2, 0.25) is 0 Å². The van der Waals surface area contributed by atoms with E-state index >= 15 is 0 Å². The van der Waals surface area contributed by atoms with Gasteiger partial charge in [-0.2, -0.15) is 17.6 Å². The second kappa shape index (κ2) is 4.74. The molecule has 0 spiro atoms. The molecule has 3 heterocycles. The minimum absolute atomic E-state index is 0.0575. The lowest BCUT2D eigenvalue weighted by molar-refractivity contribution is -0.0486. The van der Waals surface area contributed by atoms with E-state index in [0.717, 1.165) is 0 Å². The number of aromatic amines is 1. The summed E-state index contributed by atoms with van der Waals surface area (Å²) in [5.74, 6) is -0.0575. The summed E-state index contributed by atoms with van der Waals surface area (Å²) in [4.78, 5) is 22.0. The van der Waals surface area contributed by atoms with Crippen molar-refractivity contribution in [1.29, 1.82) is 0 Å². The number of nitrogens with one attached hydrogen (secondary N) is 1. The van der Waals surface area contributed by atoms with Crippen molar-refractivity contribution in [1.82, 2.24) is 19.5 Å². The van der Waals surface area contributed by atoms with Gasteiger partial charge in [0, 0.05) is 0 Å². The Kier molecular flexibility index (Phi) is 3.17. The van der Waals surface area contributed by atoms with Crippen molar-refractivity contribution < 1.29 is 14.9 Å². The van der Waals surface area contributed by atoms with Crippen LogP contribution in [0.4, 0.5) is 5.95 Å². The Morgan fingerprint density at radius 2 is 2.35 bits per heavy atom. The number of anilines is 1. The summed E-state index contributed by atoms with van der Waals surface area (Å²) < 4.78 is 6.93. The van der Waals surface area contributed by atoms with Crippen molar-refractivity contribution in [3.63, 3.8) is 0 Å². The van der Waals surface area contributed by atoms with Crippen LogP contribution in [0, 0.1) is 0 Å². The maximum atomic E-state index is 11.7. The van der Waals surface area contributed by atoms with Crippen molar-refractivity contribution in [2.75, 3.05) is 12.3 Å². The number of nitrogens with two attached hydrogens (primary N) is 1. The van der Waals surface area contributed by atoms with Gasteiger partial charge in [-0.1, -0.05) is 0 Å². The quantitative estimate of drug-likeness (QED) is 0.414. The number of thiol groups is 1. The summed E-state index contributed by atoms with van der Waals surface area (Å²) in [5, 5.41) is 18.7. The standard InChI is InChI=1S/C10H13N5O4S/c11-10-13-7-4(8(18)14-10)12-2-15(7)9-5(17)6(20)3(1-16)19-9/h2-3,5-6,9,16-17,20H,1H2,(H3,11,13,14,18)/t3-,5?,6?,9-/m1/s1. The van der Waals surface area contributed by atoms with Crippen LogP contribution in [-0.4, -0.2) is 53.8 Å². The zero-order chi connectivity index (χ0) is 14.4. The molecule has 0 aromatic carbocycles. The highest BCUT2D eigenvalue weighted by atomic mass is 32.1. The summed E-state index contributed by atoms with van der Waals surface area (Å²) in [6, 6.07) is 0. The maximum absolute atomic E-state index is 11.7. The fourth-order valence-electron chi connectivity index (χ4n) is 2.24. The van der Waals surface area contributed by atoms with Crippen molar-refractivity contribution in [3.8, 4) is 0 Å². The molecule has 0 amide bonds. The molecule has 0 bridgehead atoms. The first kappa shape index (κ1) is 13.4. The van der Waals surface area contributed by atoms with E-state index in [-0.39, 0.29) is 23.7 Å². The number of nitrogen functional groups attached to an aromatic ring is 1. The van der Waals surface area contributed by atoms with Gasteiger partial charge in [-0.15, -0.1) is 0 Å². The van der Waals surface area contributed by atoms with E-state index in [1.807, 2.05) is 0 Å². The van der Waals surface area contributed by atoms with E-state index < -0.39 is 29.2 Å².